The van der Waals surface area contributed by atoms with Crippen LogP contribution in [-0.2, 0) is 9.53 Å². The van der Waals surface area contributed by atoms with Gasteiger partial charge in [-0.15, -0.1) is 0 Å². The summed E-state index contributed by atoms with van der Waals surface area (Å²) >= 11 is 0. The Bertz CT molecular complexity index is 731. The first-order valence-corrected chi connectivity index (χ1v) is 8.66. The fraction of sp³-hybridized carbons (Fsp3) is 0.286. The topological polar surface area (TPSA) is 70.6 Å². The van der Waals surface area contributed by atoms with E-state index in [2.05, 4.69) is 17.4 Å². The molecule has 0 aliphatic heterocycles. The highest BCUT2D eigenvalue weighted by atomic mass is 16.5. The predicted molar refractivity (Wildman–Crippen MR) is 104 cm³/mol. The molecule has 2 rings (SSSR count). The standard InChI is InChI=1S/C21H26N2O3/c1-4-26-21(25)19(23-22-18-11-6-5-7-12-18)14-16(3)20(24)17-10-8-9-15(2)13-17/h5-13,19-20,22-24H,3-4,14H2,1-2H3. The van der Waals surface area contributed by atoms with Gasteiger partial charge < -0.3 is 15.3 Å². The van der Waals surface area contributed by atoms with Gasteiger partial charge >= 0.3 is 5.97 Å². The van der Waals surface area contributed by atoms with Crippen LogP contribution in [0.3, 0.4) is 0 Å². The number of ether oxygens (including phenoxy) is 1. The summed E-state index contributed by atoms with van der Waals surface area (Å²) in [5.74, 6) is -0.395. The van der Waals surface area contributed by atoms with Crippen molar-refractivity contribution in [3.63, 3.8) is 0 Å². The van der Waals surface area contributed by atoms with Crippen LogP contribution in [0.25, 0.3) is 0 Å². The van der Waals surface area contributed by atoms with E-state index in [1.807, 2.05) is 61.5 Å². The lowest BCUT2D eigenvalue weighted by molar-refractivity contribution is -0.145. The van der Waals surface area contributed by atoms with Gasteiger partial charge in [-0.05, 0) is 43.5 Å². The molecule has 5 nitrogen and oxygen atoms in total. The minimum Gasteiger partial charge on any atom is -0.465 e. The quantitative estimate of drug-likeness (QED) is 0.365. The molecule has 0 bridgehead atoms. The molecule has 3 N–H and O–H groups in total. The Kier molecular flexibility index (Phi) is 7.38. The van der Waals surface area contributed by atoms with E-state index in [1.165, 1.54) is 0 Å². The zero-order valence-electron chi connectivity index (χ0n) is 15.2. The van der Waals surface area contributed by atoms with Crippen molar-refractivity contribution in [2.45, 2.75) is 32.4 Å². The average Bonchev–Trinajstić information content (AvgIpc) is 2.65. The summed E-state index contributed by atoms with van der Waals surface area (Å²) in [6, 6.07) is 16.4. The van der Waals surface area contributed by atoms with E-state index in [0.717, 1.165) is 16.8 Å². The van der Waals surface area contributed by atoms with Crippen LogP contribution in [0, 0.1) is 6.92 Å². The molecule has 5 heteroatoms. The molecule has 0 fully saturated rings. The van der Waals surface area contributed by atoms with Crippen molar-refractivity contribution in [2.75, 3.05) is 12.0 Å². The normalized spacial score (nSPS) is 12.9. The maximum absolute atomic E-state index is 12.3. The van der Waals surface area contributed by atoms with E-state index in [4.69, 9.17) is 4.74 Å². The number of hydrazine groups is 1. The van der Waals surface area contributed by atoms with Crippen LogP contribution in [-0.4, -0.2) is 23.7 Å². The number of hydrogen-bond acceptors (Lipinski definition) is 5. The summed E-state index contributed by atoms with van der Waals surface area (Å²) in [5, 5.41) is 10.6. The largest absolute Gasteiger partial charge is 0.465 e. The first kappa shape index (κ1) is 19.7. The van der Waals surface area contributed by atoms with Gasteiger partial charge in [0.1, 0.15) is 6.04 Å². The van der Waals surface area contributed by atoms with Gasteiger partial charge in [-0.25, -0.2) is 5.43 Å². The van der Waals surface area contributed by atoms with Crippen LogP contribution in [0.2, 0.25) is 0 Å². The molecule has 0 radical (unpaired) electrons. The summed E-state index contributed by atoms with van der Waals surface area (Å²) in [6.07, 6.45) is -0.598. The Morgan fingerprint density at radius 1 is 1.19 bits per heavy atom. The SMILES string of the molecule is C=C(CC(NNc1ccccc1)C(=O)OCC)C(O)c1cccc(C)c1. The van der Waals surface area contributed by atoms with Crippen molar-refractivity contribution < 1.29 is 14.6 Å². The van der Waals surface area contributed by atoms with Gasteiger partial charge in [0.15, 0.2) is 0 Å². The molecule has 2 atom stereocenters. The molecule has 2 aromatic carbocycles. The maximum atomic E-state index is 12.3. The number of hydrogen-bond donors (Lipinski definition) is 3. The minimum atomic E-state index is -0.842. The highest BCUT2D eigenvalue weighted by molar-refractivity contribution is 5.76. The van der Waals surface area contributed by atoms with E-state index in [9.17, 15) is 9.90 Å². The number of benzene rings is 2. The molecule has 138 valence electrons. The number of aryl methyl sites for hydroxylation is 1. The molecule has 2 aromatic rings. The number of aliphatic hydroxyl groups excluding tert-OH is 1. The fourth-order valence-electron chi connectivity index (χ4n) is 2.58. The Morgan fingerprint density at radius 2 is 1.92 bits per heavy atom. The van der Waals surface area contributed by atoms with Gasteiger partial charge in [-0.1, -0.05) is 54.6 Å². The highest BCUT2D eigenvalue weighted by Crippen LogP contribution is 2.24. The van der Waals surface area contributed by atoms with Crippen LogP contribution in [0.4, 0.5) is 5.69 Å². The van der Waals surface area contributed by atoms with Gasteiger partial charge in [-0.3, -0.25) is 4.79 Å². The molecule has 0 amide bonds. The van der Waals surface area contributed by atoms with Crippen molar-refractivity contribution in [3.05, 3.63) is 77.9 Å². The number of anilines is 1. The molecule has 26 heavy (non-hydrogen) atoms. The second kappa shape index (κ2) is 9.75. The second-order valence-corrected chi connectivity index (χ2v) is 6.12. The van der Waals surface area contributed by atoms with Crippen LogP contribution < -0.4 is 10.9 Å². The molecule has 2 unspecified atom stereocenters. The Morgan fingerprint density at radius 3 is 2.58 bits per heavy atom. The average molecular weight is 354 g/mol. The van der Waals surface area contributed by atoms with Gasteiger partial charge in [-0.2, -0.15) is 0 Å². The summed E-state index contributed by atoms with van der Waals surface area (Å²) in [5.41, 5.74) is 9.15. The lowest BCUT2D eigenvalue weighted by Crippen LogP contribution is -2.42. The molecule has 0 spiro atoms. The van der Waals surface area contributed by atoms with Crippen LogP contribution in [0.5, 0.6) is 0 Å². The summed E-state index contributed by atoms with van der Waals surface area (Å²) in [4.78, 5) is 12.3. The van der Waals surface area contributed by atoms with E-state index in [-0.39, 0.29) is 13.0 Å². The van der Waals surface area contributed by atoms with Gasteiger partial charge in [0, 0.05) is 5.69 Å². The van der Waals surface area contributed by atoms with Gasteiger partial charge in [0.25, 0.3) is 0 Å². The maximum Gasteiger partial charge on any atom is 0.325 e. The third kappa shape index (κ3) is 5.72. The second-order valence-electron chi connectivity index (χ2n) is 6.12. The lowest BCUT2D eigenvalue weighted by atomic mass is 9.96. The zero-order chi connectivity index (χ0) is 18.9. The molecule has 0 aliphatic carbocycles. The van der Waals surface area contributed by atoms with Crippen LogP contribution >= 0.6 is 0 Å². The van der Waals surface area contributed by atoms with Crippen LogP contribution in [0.1, 0.15) is 30.6 Å². The highest BCUT2D eigenvalue weighted by Gasteiger charge is 2.23. The molecule has 0 aliphatic rings. The number of esters is 1. The number of carbonyl (C=O) groups is 1. The molecule has 0 heterocycles. The number of nitrogens with one attached hydrogen (secondary N) is 2. The van der Waals surface area contributed by atoms with E-state index in [0.29, 0.717) is 5.57 Å². The number of para-hydroxylation sites is 1. The van der Waals surface area contributed by atoms with Gasteiger partial charge in [0.2, 0.25) is 0 Å². The van der Waals surface area contributed by atoms with E-state index < -0.39 is 18.1 Å². The number of carbonyl (C=O) groups excluding carboxylic acids is 1. The smallest absolute Gasteiger partial charge is 0.325 e. The Labute approximate surface area is 154 Å². The Hall–Kier alpha value is -2.63. The summed E-state index contributed by atoms with van der Waals surface area (Å²) < 4.78 is 5.13. The third-order valence-electron chi connectivity index (χ3n) is 3.95. The summed E-state index contributed by atoms with van der Waals surface area (Å²) in [7, 11) is 0. The Balaban J connectivity index is 2.04. The monoisotopic (exact) mass is 354 g/mol. The first-order valence-electron chi connectivity index (χ1n) is 8.66. The first-order chi connectivity index (χ1) is 12.5. The summed E-state index contributed by atoms with van der Waals surface area (Å²) in [6.45, 7) is 7.98. The van der Waals surface area contributed by atoms with Crippen molar-refractivity contribution >= 4 is 11.7 Å². The van der Waals surface area contributed by atoms with E-state index in [1.54, 1.807) is 6.92 Å². The molecule has 0 saturated heterocycles. The van der Waals surface area contributed by atoms with Crippen LogP contribution in [0.15, 0.2) is 66.7 Å². The number of aliphatic hydroxyl groups is 1. The lowest BCUT2D eigenvalue weighted by Gasteiger charge is -2.22. The zero-order valence-corrected chi connectivity index (χ0v) is 15.2. The molecule has 0 aromatic heterocycles. The van der Waals surface area contributed by atoms with Crippen molar-refractivity contribution in [1.82, 2.24) is 5.43 Å². The van der Waals surface area contributed by atoms with Crippen molar-refractivity contribution in [3.8, 4) is 0 Å². The molecule has 0 saturated carbocycles. The van der Waals surface area contributed by atoms with Gasteiger partial charge in [0.05, 0.1) is 12.7 Å². The van der Waals surface area contributed by atoms with Crippen molar-refractivity contribution in [1.29, 1.82) is 0 Å². The molecular weight excluding hydrogens is 328 g/mol. The molecular formula is C21H26N2O3. The van der Waals surface area contributed by atoms with E-state index >= 15 is 0 Å². The number of rotatable bonds is 9. The minimum absolute atomic E-state index is 0.244. The third-order valence-corrected chi connectivity index (χ3v) is 3.95. The van der Waals surface area contributed by atoms with Crippen molar-refractivity contribution in [2.24, 2.45) is 0 Å². The predicted octanol–water partition coefficient (Wildman–Crippen LogP) is 3.52. The fourth-order valence-corrected chi connectivity index (χ4v) is 2.58.